The number of anilines is 1. The van der Waals surface area contributed by atoms with Gasteiger partial charge in [-0.15, -0.1) is 0 Å². The van der Waals surface area contributed by atoms with Crippen molar-refractivity contribution in [3.8, 4) is 0 Å². The Kier molecular flexibility index (Phi) is 3.81. The molecule has 1 aromatic carbocycles. The molecular weight excluding hydrogens is 230 g/mol. The highest BCUT2D eigenvalue weighted by Crippen LogP contribution is 2.25. The van der Waals surface area contributed by atoms with Crippen molar-refractivity contribution in [3.63, 3.8) is 0 Å². The van der Waals surface area contributed by atoms with Crippen molar-refractivity contribution in [1.29, 1.82) is 0 Å². The fraction of sp³-hybridized carbons (Fsp3) is 0.538. The zero-order chi connectivity index (χ0) is 13.1. The van der Waals surface area contributed by atoms with E-state index in [9.17, 15) is 10.1 Å². The van der Waals surface area contributed by atoms with E-state index in [2.05, 4.69) is 5.32 Å². The van der Waals surface area contributed by atoms with Gasteiger partial charge in [-0.3, -0.25) is 10.1 Å². The molecule has 5 nitrogen and oxygen atoms in total. The summed E-state index contributed by atoms with van der Waals surface area (Å²) in [5, 5.41) is 14.2. The first-order chi connectivity index (χ1) is 8.54. The van der Waals surface area contributed by atoms with Gasteiger partial charge in [0.15, 0.2) is 0 Å². The molecule has 5 heteroatoms. The molecule has 0 aromatic heterocycles. The Morgan fingerprint density at radius 2 is 1.94 bits per heavy atom. The van der Waals surface area contributed by atoms with E-state index in [0.717, 1.165) is 36.9 Å². The second-order valence-corrected chi connectivity index (χ2v) is 5.07. The first-order valence-electron chi connectivity index (χ1n) is 6.33. The van der Waals surface area contributed by atoms with Gasteiger partial charge in [-0.2, -0.15) is 0 Å². The topological polar surface area (TPSA) is 81.2 Å². The number of aryl methyl sites for hydroxylation is 1. The molecule has 0 atom stereocenters. The van der Waals surface area contributed by atoms with Crippen LogP contribution in [0.15, 0.2) is 18.2 Å². The lowest BCUT2D eigenvalue weighted by molar-refractivity contribution is -0.384. The zero-order valence-corrected chi connectivity index (χ0v) is 10.6. The number of nitrogens with zero attached hydrogens (tertiary/aromatic N) is 1. The van der Waals surface area contributed by atoms with Gasteiger partial charge in [-0.25, -0.2) is 0 Å². The summed E-state index contributed by atoms with van der Waals surface area (Å²) in [5.41, 5.74) is 7.74. The van der Waals surface area contributed by atoms with E-state index in [0.29, 0.717) is 12.1 Å². The van der Waals surface area contributed by atoms with Gasteiger partial charge in [0.1, 0.15) is 0 Å². The number of nitrogens with two attached hydrogens (primary N) is 1. The second kappa shape index (κ2) is 5.35. The lowest BCUT2D eigenvalue weighted by Gasteiger charge is -2.27. The molecule has 98 valence electrons. The predicted octanol–water partition coefficient (Wildman–Crippen LogP) is 2.59. The van der Waals surface area contributed by atoms with Crippen molar-refractivity contribution in [2.75, 3.05) is 5.32 Å². The Morgan fingerprint density at radius 1 is 1.28 bits per heavy atom. The highest BCUT2D eigenvalue weighted by atomic mass is 16.6. The third-order valence-electron chi connectivity index (χ3n) is 3.42. The van der Waals surface area contributed by atoms with Crippen LogP contribution in [0.25, 0.3) is 0 Å². The van der Waals surface area contributed by atoms with Crippen LogP contribution >= 0.6 is 0 Å². The summed E-state index contributed by atoms with van der Waals surface area (Å²) in [7, 11) is 0. The second-order valence-electron chi connectivity index (χ2n) is 5.07. The molecule has 1 aliphatic rings. The minimum atomic E-state index is -0.352. The standard InChI is InChI=1S/C13H19N3O2/c1-9-6-12(8-13(7-9)16(17)18)15-11-4-2-10(14)3-5-11/h6-8,10-11,15H,2-5,14H2,1H3. The number of non-ortho nitro benzene ring substituents is 1. The molecule has 2 rings (SSSR count). The molecule has 0 amide bonds. The minimum absolute atomic E-state index is 0.144. The van der Waals surface area contributed by atoms with E-state index in [1.165, 1.54) is 0 Å². The van der Waals surface area contributed by atoms with Crippen LogP contribution in [0.4, 0.5) is 11.4 Å². The third kappa shape index (κ3) is 3.20. The Labute approximate surface area is 107 Å². The first kappa shape index (κ1) is 12.8. The maximum Gasteiger partial charge on any atom is 0.271 e. The van der Waals surface area contributed by atoms with Gasteiger partial charge >= 0.3 is 0 Å². The molecule has 1 aromatic rings. The molecule has 0 unspecified atom stereocenters. The number of nitro benzene ring substituents is 1. The summed E-state index contributed by atoms with van der Waals surface area (Å²) in [6.45, 7) is 1.87. The Bertz CT molecular complexity index is 440. The van der Waals surface area contributed by atoms with Gasteiger partial charge in [0.2, 0.25) is 0 Å². The monoisotopic (exact) mass is 249 g/mol. The number of hydrogen-bond acceptors (Lipinski definition) is 4. The van der Waals surface area contributed by atoms with Crippen LogP contribution in [-0.4, -0.2) is 17.0 Å². The largest absolute Gasteiger partial charge is 0.382 e. The van der Waals surface area contributed by atoms with Gasteiger partial charge in [-0.05, 0) is 44.2 Å². The lowest BCUT2D eigenvalue weighted by atomic mass is 9.91. The third-order valence-corrected chi connectivity index (χ3v) is 3.42. The molecule has 1 saturated carbocycles. The fourth-order valence-corrected chi connectivity index (χ4v) is 2.45. The van der Waals surface area contributed by atoms with Crippen LogP contribution in [0.5, 0.6) is 0 Å². The first-order valence-corrected chi connectivity index (χ1v) is 6.33. The summed E-state index contributed by atoms with van der Waals surface area (Å²) in [5.74, 6) is 0. The van der Waals surface area contributed by atoms with Crippen molar-refractivity contribution in [1.82, 2.24) is 0 Å². The van der Waals surface area contributed by atoms with E-state index in [4.69, 9.17) is 5.73 Å². The fourth-order valence-electron chi connectivity index (χ4n) is 2.45. The van der Waals surface area contributed by atoms with Crippen molar-refractivity contribution in [2.45, 2.75) is 44.7 Å². The van der Waals surface area contributed by atoms with Gasteiger partial charge in [-0.1, -0.05) is 0 Å². The van der Waals surface area contributed by atoms with E-state index < -0.39 is 0 Å². The quantitative estimate of drug-likeness (QED) is 0.637. The molecular formula is C13H19N3O2. The van der Waals surface area contributed by atoms with Crippen LogP contribution in [0.2, 0.25) is 0 Å². The van der Waals surface area contributed by atoms with Crippen molar-refractivity contribution < 1.29 is 4.92 Å². The van der Waals surface area contributed by atoms with Crippen LogP contribution in [-0.2, 0) is 0 Å². The number of benzene rings is 1. The molecule has 0 aliphatic heterocycles. The highest BCUT2D eigenvalue weighted by Gasteiger charge is 2.19. The number of nitro groups is 1. The summed E-state index contributed by atoms with van der Waals surface area (Å²) in [4.78, 5) is 10.4. The smallest absolute Gasteiger partial charge is 0.271 e. The van der Waals surface area contributed by atoms with Crippen LogP contribution in [0.1, 0.15) is 31.2 Å². The lowest BCUT2D eigenvalue weighted by Crippen LogP contribution is -2.32. The average molecular weight is 249 g/mol. The maximum atomic E-state index is 10.8. The van der Waals surface area contributed by atoms with Gasteiger partial charge in [0, 0.05) is 29.9 Å². The molecule has 0 heterocycles. The molecule has 3 N–H and O–H groups in total. The van der Waals surface area contributed by atoms with Crippen molar-refractivity contribution in [3.05, 3.63) is 33.9 Å². The van der Waals surface area contributed by atoms with E-state index >= 15 is 0 Å². The minimum Gasteiger partial charge on any atom is -0.382 e. The molecule has 1 aliphatic carbocycles. The molecule has 0 bridgehead atoms. The van der Waals surface area contributed by atoms with Gasteiger partial charge in [0.25, 0.3) is 5.69 Å². The molecule has 18 heavy (non-hydrogen) atoms. The summed E-state index contributed by atoms with van der Waals surface area (Å²) in [6.07, 6.45) is 4.10. The molecule has 1 fully saturated rings. The summed E-state index contributed by atoms with van der Waals surface area (Å²) < 4.78 is 0. The predicted molar refractivity (Wildman–Crippen MR) is 71.7 cm³/mol. The van der Waals surface area contributed by atoms with Crippen LogP contribution in [0.3, 0.4) is 0 Å². The van der Waals surface area contributed by atoms with Gasteiger partial charge in [0.05, 0.1) is 4.92 Å². The SMILES string of the molecule is Cc1cc(NC2CCC(N)CC2)cc([N+](=O)[O-])c1. The Hall–Kier alpha value is -1.62. The van der Waals surface area contributed by atoms with Crippen LogP contribution < -0.4 is 11.1 Å². The van der Waals surface area contributed by atoms with E-state index in [1.54, 1.807) is 12.1 Å². The van der Waals surface area contributed by atoms with E-state index in [1.807, 2.05) is 13.0 Å². The summed E-state index contributed by atoms with van der Waals surface area (Å²) in [6, 6.07) is 5.83. The normalized spacial score (nSPS) is 23.7. The highest BCUT2D eigenvalue weighted by molar-refractivity contribution is 5.54. The van der Waals surface area contributed by atoms with Crippen molar-refractivity contribution >= 4 is 11.4 Å². The van der Waals surface area contributed by atoms with Gasteiger partial charge < -0.3 is 11.1 Å². The number of rotatable bonds is 3. The van der Waals surface area contributed by atoms with Crippen LogP contribution in [0, 0.1) is 17.0 Å². The Morgan fingerprint density at radius 3 is 2.56 bits per heavy atom. The van der Waals surface area contributed by atoms with E-state index in [-0.39, 0.29) is 10.6 Å². The number of hydrogen-bond donors (Lipinski definition) is 2. The average Bonchev–Trinajstić information content (AvgIpc) is 2.31. The Balaban J connectivity index is 2.07. The molecule has 0 spiro atoms. The number of nitrogens with one attached hydrogen (secondary N) is 1. The zero-order valence-electron chi connectivity index (χ0n) is 10.6. The maximum absolute atomic E-state index is 10.8. The molecule has 0 saturated heterocycles. The van der Waals surface area contributed by atoms with Crippen molar-refractivity contribution in [2.24, 2.45) is 5.73 Å². The summed E-state index contributed by atoms with van der Waals surface area (Å²) >= 11 is 0. The molecule has 0 radical (unpaired) electrons.